The largest absolute Gasteiger partial charge is 0.382 e. The molecule has 130 valence electrons. The van der Waals surface area contributed by atoms with Gasteiger partial charge in [0.05, 0.1) is 0 Å². The normalized spacial score (nSPS) is 11.0. The topological polar surface area (TPSA) is 83.8 Å². The van der Waals surface area contributed by atoms with Crippen LogP contribution in [0.4, 0.5) is 16.6 Å². The highest BCUT2D eigenvalue weighted by Crippen LogP contribution is 2.32. The Bertz CT molecular complexity index is 1130. The maximum absolute atomic E-state index is 13.0. The van der Waals surface area contributed by atoms with Crippen molar-refractivity contribution in [3.05, 3.63) is 70.2 Å². The Morgan fingerprint density at radius 2 is 2.00 bits per heavy atom. The van der Waals surface area contributed by atoms with Crippen LogP contribution < -0.4 is 11.1 Å². The highest BCUT2D eigenvalue weighted by molar-refractivity contribution is 7.18. The molecule has 0 bridgehead atoms. The number of para-hydroxylation sites is 1. The molecule has 0 fully saturated rings. The first-order chi connectivity index (χ1) is 12.5. The van der Waals surface area contributed by atoms with Crippen molar-refractivity contribution in [3.63, 3.8) is 0 Å². The van der Waals surface area contributed by atoms with E-state index < -0.39 is 0 Å². The van der Waals surface area contributed by atoms with Crippen molar-refractivity contribution in [1.82, 2.24) is 9.97 Å². The first-order valence-electron chi connectivity index (χ1n) is 8.24. The van der Waals surface area contributed by atoms with Crippen LogP contribution in [0, 0.1) is 13.8 Å². The van der Waals surface area contributed by atoms with Gasteiger partial charge in [-0.3, -0.25) is 4.79 Å². The Balaban J connectivity index is 1.67. The number of H-pyrrole nitrogens is 1. The van der Waals surface area contributed by atoms with Gasteiger partial charge in [-0.05, 0) is 31.5 Å². The van der Waals surface area contributed by atoms with Gasteiger partial charge in [0.2, 0.25) is 5.78 Å². The molecule has 0 atom stereocenters. The molecule has 0 aliphatic heterocycles. The van der Waals surface area contributed by atoms with Crippen molar-refractivity contribution in [2.45, 2.75) is 13.8 Å². The second-order valence-corrected chi connectivity index (χ2v) is 7.25. The monoisotopic (exact) mass is 362 g/mol. The number of nitrogens with zero attached hydrogens (tertiary/aromatic N) is 1. The molecule has 0 radical (unpaired) electrons. The van der Waals surface area contributed by atoms with Gasteiger partial charge in [-0.15, -0.1) is 0 Å². The van der Waals surface area contributed by atoms with Crippen molar-refractivity contribution in [2.75, 3.05) is 11.1 Å². The summed E-state index contributed by atoms with van der Waals surface area (Å²) in [4.78, 5) is 20.9. The lowest BCUT2D eigenvalue weighted by Crippen LogP contribution is -2.01. The number of benzene rings is 2. The molecule has 4 aromatic rings. The van der Waals surface area contributed by atoms with Gasteiger partial charge in [0.15, 0.2) is 5.13 Å². The van der Waals surface area contributed by atoms with E-state index in [1.54, 1.807) is 6.20 Å². The number of carbonyl (C=O) groups excluding carboxylic acids is 1. The fraction of sp³-hybridized carbons (Fsp3) is 0.100. The van der Waals surface area contributed by atoms with Crippen LogP contribution in [0.5, 0.6) is 0 Å². The van der Waals surface area contributed by atoms with Crippen LogP contribution in [-0.2, 0) is 0 Å². The number of thiazole rings is 1. The summed E-state index contributed by atoms with van der Waals surface area (Å²) in [6, 6.07) is 13.8. The number of aromatic nitrogens is 2. The minimum atomic E-state index is -0.119. The highest BCUT2D eigenvalue weighted by atomic mass is 32.1. The SMILES string of the molecule is Cc1ccc(Nc2nc(N)c(C(=O)c3c[nH]c4ccccc34)s2)c(C)c1. The first-order valence-corrected chi connectivity index (χ1v) is 9.06. The number of anilines is 3. The average molecular weight is 362 g/mol. The smallest absolute Gasteiger partial charge is 0.208 e. The summed E-state index contributed by atoms with van der Waals surface area (Å²) in [5, 5.41) is 4.76. The molecule has 0 unspecified atom stereocenters. The summed E-state index contributed by atoms with van der Waals surface area (Å²) in [7, 11) is 0. The van der Waals surface area contributed by atoms with Crippen molar-refractivity contribution >= 4 is 44.7 Å². The first kappa shape index (κ1) is 16.4. The van der Waals surface area contributed by atoms with E-state index in [0.29, 0.717) is 15.6 Å². The number of fused-ring (bicyclic) bond motifs is 1. The third-order valence-electron chi connectivity index (χ3n) is 4.32. The number of aryl methyl sites for hydroxylation is 2. The molecule has 0 aliphatic rings. The quantitative estimate of drug-likeness (QED) is 0.455. The molecule has 0 amide bonds. The minimum Gasteiger partial charge on any atom is -0.382 e. The molecule has 6 heteroatoms. The van der Waals surface area contributed by atoms with Crippen LogP contribution in [0.15, 0.2) is 48.7 Å². The van der Waals surface area contributed by atoms with Crippen LogP contribution in [0.1, 0.15) is 26.4 Å². The summed E-state index contributed by atoms with van der Waals surface area (Å²) in [5.41, 5.74) is 10.8. The molecule has 0 saturated heterocycles. The lowest BCUT2D eigenvalue weighted by Gasteiger charge is -2.07. The van der Waals surface area contributed by atoms with Crippen molar-refractivity contribution in [1.29, 1.82) is 0 Å². The molecule has 4 N–H and O–H groups in total. The number of hydrogen-bond acceptors (Lipinski definition) is 5. The van der Waals surface area contributed by atoms with E-state index in [0.717, 1.165) is 22.2 Å². The van der Waals surface area contributed by atoms with Crippen molar-refractivity contribution in [3.8, 4) is 0 Å². The van der Waals surface area contributed by atoms with E-state index in [1.807, 2.05) is 43.3 Å². The van der Waals surface area contributed by atoms with E-state index in [-0.39, 0.29) is 11.6 Å². The Labute approximate surface area is 154 Å². The van der Waals surface area contributed by atoms with Gasteiger partial charge in [-0.25, -0.2) is 4.98 Å². The number of aromatic amines is 1. The lowest BCUT2D eigenvalue weighted by atomic mass is 10.1. The number of rotatable bonds is 4. The summed E-state index contributed by atoms with van der Waals surface area (Å²) < 4.78 is 0. The summed E-state index contributed by atoms with van der Waals surface area (Å²) in [6.07, 6.45) is 1.73. The third-order valence-corrected chi connectivity index (χ3v) is 5.30. The molecule has 0 aliphatic carbocycles. The molecule has 0 saturated carbocycles. The number of nitrogen functional groups attached to an aromatic ring is 1. The van der Waals surface area contributed by atoms with E-state index >= 15 is 0 Å². The molecule has 2 aromatic heterocycles. The van der Waals surface area contributed by atoms with Gasteiger partial charge in [-0.2, -0.15) is 0 Å². The van der Waals surface area contributed by atoms with Gasteiger partial charge in [0, 0.05) is 28.4 Å². The van der Waals surface area contributed by atoms with Crippen LogP contribution in [-0.4, -0.2) is 15.8 Å². The number of ketones is 1. The Hall–Kier alpha value is -3.12. The second-order valence-electron chi connectivity index (χ2n) is 6.25. The molecule has 2 aromatic carbocycles. The lowest BCUT2D eigenvalue weighted by molar-refractivity contribution is 0.104. The maximum atomic E-state index is 13.0. The van der Waals surface area contributed by atoms with E-state index in [2.05, 4.69) is 28.3 Å². The number of nitrogens with two attached hydrogens (primary N) is 1. The average Bonchev–Trinajstić information content (AvgIpc) is 3.20. The standard InChI is InChI=1S/C20H18N4OS/c1-11-7-8-15(12(2)9-11)23-20-24-19(21)18(26-20)17(25)14-10-22-16-6-4-3-5-13(14)16/h3-10,22H,21H2,1-2H3,(H,23,24). The fourth-order valence-corrected chi connectivity index (χ4v) is 3.85. The molecule has 2 heterocycles. The zero-order valence-corrected chi connectivity index (χ0v) is 15.3. The predicted molar refractivity (Wildman–Crippen MR) is 107 cm³/mol. The Kier molecular flexibility index (Phi) is 3.97. The van der Waals surface area contributed by atoms with E-state index in [9.17, 15) is 4.79 Å². The minimum absolute atomic E-state index is 0.119. The zero-order valence-electron chi connectivity index (χ0n) is 14.5. The van der Waals surface area contributed by atoms with Crippen LogP contribution in [0.25, 0.3) is 10.9 Å². The summed E-state index contributed by atoms with van der Waals surface area (Å²) >= 11 is 1.27. The van der Waals surface area contributed by atoms with Crippen molar-refractivity contribution in [2.24, 2.45) is 0 Å². The molecule has 4 rings (SSSR count). The molecule has 26 heavy (non-hydrogen) atoms. The molecule has 5 nitrogen and oxygen atoms in total. The van der Waals surface area contributed by atoms with E-state index in [1.165, 1.54) is 16.9 Å². The highest BCUT2D eigenvalue weighted by Gasteiger charge is 2.21. The van der Waals surface area contributed by atoms with Crippen molar-refractivity contribution < 1.29 is 4.79 Å². The Morgan fingerprint density at radius 3 is 2.81 bits per heavy atom. The predicted octanol–water partition coefficient (Wildman–Crippen LogP) is 4.80. The van der Waals surface area contributed by atoms with Crippen LogP contribution in [0.2, 0.25) is 0 Å². The van der Waals surface area contributed by atoms with Gasteiger partial charge in [-0.1, -0.05) is 47.2 Å². The van der Waals surface area contributed by atoms with Gasteiger partial charge < -0.3 is 16.0 Å². The summed E-state index contributed by atoms with van der Waals surface area (Å²) in [5.74, 6) is 0.128. The molecule has 0 spiro atoms. The second kappa shape index (κ2) is 6.31. The van der Waals surface area contributed by atoms with Gasteiger partial charge >= 0.3 is 0 Å². The maximum Gasteiger partial charge on any atom is 0.208 e. The summed E-state index contributed by atoms with van der Waals surface area (Å²) in [6.45, 7) is 4.08. The van der Waals surface area contributed by atoms with Gasteiger partial charge in [0.1, 0.15) is 10.7 Å². The van der Waals surface area contributed by atoms with Gasteiger partial charge in [0.25, 0.3) is 0 Å². The van der Waals surface area contributed by atoms with Crippen LogP contribution >= 0.6 is 11.3 Å². The molecular weight excluding hydrogens is 344 g/mol. The van der Waals surface area contributed by atoms with E-state index in [4.69, 9.17) is 5.73 Å². The zero-order chi connectivity index (χ0) is 18.3. The Morgan fingerprint density at radius 1 is 1.19 bits per heavy atom. The number of nitrogens with one attached hydrogen (secondary N) is 2. The molecular formula is C20H18N4OS. The fourth-order valence-electron chi connectivity index (χ4n) is 3.00. The van der Waals surface area contributed by atoms with Crippen LogP contribution in [0.3, 0.4) is 0 Å². The number of carbonyl (C=O) groups is 1. The number of hydrogen-bond donors (Lipinski definition) is 3. The third kappa shape index (κ3) is 2.84.